The molecular formula is C36H36ClNO4. The summed E-state index contributed by atoms with van der Waals surface area (Å²) < 4.78 is 12.2. The standard InChI is InChI=1S/C36H36ClNO4/c1-2-41-33-22-26(16-19-32(33)42-23-25-14-17-27(37)18-15-25)34-35-28(10-6-12-30(35)39)38(21-20-24-8-4-3-5-9-24)29-11-7-13-31(40)36(29)34/h3-5,8-9,14-19,22,34H,2,6-7,10-13,20-21,23H2,1H3. The normalized spacial score (nSPS) is 17.3. The molecule has 0 unspecified atom stereocenters. The lowest BCUT2D eigenvalue weighted by Crippen LogP contribution is -2.39. The predicted molar refractivity (Wildman–Crippen MR) is 165 cm³/mol. The lowest BCUT2D eigenvalue weighted by atomic mass is 9.71. The first-order chi connectivity index (χ1) is 20.5. The third kappa shape index (κ3) is 5.76. The lowest BCUT2D eigenvalue weighted by molar-refractivity contribution is -0.117. The van der Waals surface area contributed by atoms with Gasteiger partial charge in [0.2, 0.25) is 0 Å². The van der Waals surface area contributed by atoms with Crippen LogP contribution in [-0.2, 0) is 22.6 Å². The van der Waals surface area contributed by atoms with E-state index >= 15 is 0 Å². The molecular weight excluding hydrogens is 546 g/mol. The van der Waals surface area contributed by atoms with Crippen LogP contribution in [-0.4, -0.2) is 29.6 Å². The van der Waals surface area contributed by atoms with Crippen molar-refractivity contribution in [2.45, 2.75) is 64.4 Å². The van der Waals surface area contributed by atoms with Crippen molar-refractivity contribution in [3.63, 3.8) is 0 Å². The minimum Gasteiger partial charge on any atom is -0.490 e. The van der Waals surface area contributed by atoms with Crippen LogP contribution in [0, 0.1) is 0 Å². The summed E-state index contributed by atoms with van der Waals surface area (Å²) in [6.07, 6.45) is 5.25. The van der Waals surface area contributed by atoms with E-state index in [2.05, 4.69) is 29.2 Å². The Hall–Kier alpha value is -3.83. The van der Waals surface area contributed by atoms with Gasteiger partial charge in [-0.05, 0) is 80.0 Å². The van der Waals surface area contributed by atoms with Gasteiger partial charge >= 0.3 is 0 Å². The summed E-state index contributed by atoms with van der Waals surface area (Å²) >= 11 is 6.04. The Morgan fingerprint density at radius 2 is 1.43 bits per heavy atom. The van der Waals surface area contributed by atoms with E-state index < -0.39 is 0 Å². The number of halogens is 1. The first-order valence-electron chi connectivity index (χ1n) is 15.0. The van der Waals surface area contributed by atoms with Crippen LogP contribution in [0.2, 0.25) is 5.02 Å². The number of benzene rings is 3. The fraction of sp³-hybridized carbons (Fsp3) is 0.333. The fourth-order valence-electron chi connectivity index (χ4n) is 6.54. The summed E-state index contributed by atoms with van der Waals surface area (Å²) in [5.74, 6) is 1.16. The summed E-state index contributed by atoms with van der Waals surface area (Å²) in [4.78, 5) is 29.7. The quantitative estimate of drug-likeness (QED) is 0.256. The topological polar surface area (TPSA) is 55.8 Å². The molecule has 0 aromatic heterocycles. The second kappa shape index (κ2) is 12.6. The monoisotopic (exact) mass is 581 g/mol. The Morgan fingerprint density at radius 1 is 0.762 bits per heavy atom. The zero-order chi connectivity index (χ0) is 29.1. The molecule has 3 aromatic rings. The highest BCUT2D eigenvalue weighted by Gasteiger charge is 2.43. The third-order valence-electron chi connectivity index (χ3n) is 8.46. The number of Topliss-reactive ketones (excluding diaryl/α,β-unsaturated/α-hetero) is 2. The molecule has 3 aromatic carbocycles. The minimum absolute atomic E-state index is 0.150. The van der Waals surface area contributed by atoms with Crippen LogP contribution in [0.5, 0.6) is 11.5 Å². The van der Waals surface area contributed by atoms with Crippen molar-refractivity contribution in [1.82, 2.24) is 4.90 Å². The number of carbonyl (C=O) groups is 2. The van der Waals surface area contributed by atoms with Crippen LogP contribution < -0.4 is 9.47 Å². The Bertz CT molecular complexity index is 1500. The van der Waals surface area contributed by atoms with Crippen LogP contribution in [0.3, 0.4) is 0 Å². The molecule has 1 aliphatic heterocycles. The van der Waals surface area contributed by atoms with E-state index in [0.29, 0.717) is 42.6 Å². The predicted octanol–water partition coefficient (Wildman–Crippen LogP) is 7.97. The highest BCUT2D eigenvalue weighted by Crippen LogP contribution is 2.50. The van der Waals surface area contributed by atoms with Gasteiger partial charge in [-0.25, -0.2) is 0 Å². The van der Waals surface area contributed by atoms with Crippen LogP contribution in [0.1, 0.15) is 68.1 Å². The second-order valence-corrected chi connectivity index (χ2v) is 11.6. The molecule has 0 spiro atoms. The molecule has 0 amide bonds. The van der Waals surface area contributed by atoms with E-state index in [4.69, 9.17) is 21.1 Å². The summed E-state index contributed by atoms with van der Waals surface area (Å²) in [5, 5.41) is 0.682. The third-order valence-corrected chi connectivity index (χ3v) is 8.71. The molecule has 0 fully saturated rings. The van der Waals surface area contributed by atoms with Crippen LogP contribution in [0.25, 0.3) is 0 Å². The van der Waals surface area contributed by atoms with E-state index in [-0.39, 0.29) is 17.5 Å². The molecule has 0 bridgehead atoms. The molecule has 0 radical (unpaired) electrons. The average Bonchev–Trinajstić information content (AvgIpc) is 3.01. The molecule has 1 heterocycles. The maximum Gasteiger partial charge on any atom is 0.161 e. The Balaban J connectivity index is 1.38. The number of rotatable bonds is 9. The van der Waals surface area contributed by atoms with Crippen molar-refractivity contribution in [1.29, 1.82) is 0 Å². The maximum atomic E-state index is 13.7. The van der Waals surface area contributed by atoms with E-state index in [1.54, 1.807) is 0 Å². The summed E-state index contributed by atoms with van der Waals surface area (Å²) in [5.41, 5.74) is 6.94. The molecule has 6 heteroatoms. The highest BCUT2D eigenvalue weighted by molar-refractivity contribution is 6.30. The van der Waals surface area contributed by atoms with Crippen LogP contribution in [0.15, 0.2) is 95.3 Å². The SMILES string of the molecule is CCOc1cc(C2C3=C(CCCC3=O)N(CCc3ccccc3)C3=C2C(=O)CCC3)ccc1OCc1ccc(Cl)cc1. The summed E-state index contributed by atoms with van der Waals surface area (Å²) in [7, 11) is 0. The van der Waals surface area contributed by atoms with Gasteiger partial charge in [0.05, 0.1) is 6.61 Å². The summed E-state index contributed by atoms with van der Waals surface area (Å²) in [6, 6.07) is 23.9. The summed E-state index contributed by atoms with van der Waals surface area (Å²) in [6.45, 7) is 3.55. The van der Waals surface area contributed by atoms with Crippen molar-refractivity contribution in [3.05, 3.63) is 117 Å². The number of ether oxygens (including phenoxy) is 2. The Kier molecular flexibility index (Phi) is 8.48. The molecule has 0 atom stereocenters. The molecule has 0 N–H and O–H groups in total. The van der Waals surface area contributed by atoms with Crippen molar-refractivity contribution in [3.8, 4) is 11.5 Å². The maximum absolute atomic E-state index is 13.7. The smallest absolute Gasteiger partial charge is 0.161 e. The number of carbonyl (C=O) groups excluding carboxylic acids is 2. The number of ketones is 2. The Morgan fingerprint density at radius 3 is 2.07 bits per heavy atom. The van der Waals surface area contributed by atoms with Crippen LogP contribution >= 0.6 is 11.6 Å². The molecule has 42 heavy (non-hydrogen) atoms. The van der Waals surface area contributed by atoms with Crippen molar-refractivity contribution < 1.29 is 19.1 Å². The number of hydrogen-bond donors (Lipinski definition) is 0. The van der Waals surface area contributed by atoms with Gasteiger partial charge < -0.3 is 14.4 Å². The fourth-order valence-corrected chi connectivity index (χ4v) is 6.66. The average molecular weight is 582 g/mol. The van der Waals surface area contributed by atoms with E-state index in [1.807, 2.05) is 55.5 Å². The highest BCUT2D eigenvalue weighted by atomic mass is 35.5. The Labute approximate surface area is 252 Å². The van der Waals surface area contributed by atoms with Crippen LogP contribution in [0.4, 0.5) is 0 Å². The zero-order valence-corrected chi connectivity index (χ0v) is 24.8. The van der Waals surface area contributed by atoms with Gasteiger partial charge in [-0.15, -0.1) is 0 Å². The van der Waals surface area contributed by atoms with Crippen molar-refractivity contribution >= 4 is 23.2 Å². The minimum atomic E-state index is -0.381. The molecule has 0 saturated heterocycles. The largest absolute Gasteiger partial charge is 0.490 e. The van der Waals surface area contributed by atoms with Gasteiger partial charge in [-0.2, -0.15) is 0 Å². The number of allylic oxidation sites excluding steroid dienone is 4. The van der Waals surface area contributed by atoms with E-state index in [0.717, 1.165) is 72.3 Å². The second-order valence-electron chi connectivity index (χ2n) is 11.1. The van der Waals surface area contributed by atoms with Gasteiger partial charge in [0.25, 0.3) is 0 Å². The molecule has 216 valence electrons. The first kappa shape index (κ1) is 28.3. The molecule has 2 aliphatic carbocycles. The van der Waals surface area contributed by atoms with Gasteiger partial charge in [-0.1, -0.05) is 60.1 Å². The van der Waals surface area contributed by atoms with Crippen molar-refractivity contribution in [2.24, 2.45) is 0 Å². The van der Waals surface area contributed by atoms with Gasteiger partial charge in [-0.3, -0.25) is 9.59 Å². The van der Waals surface area contributed by atoms with Gasteiger partial charge in [0.15, 0.2) is 23.1 Å². The molecule has 0 saturated carbocycles. The van der Waals surface area contributed by atoms with Gasteiger partial charge in [0, 0.05) is 52.9 Å². The first-order valence-corrected chi connectivity index (χ1v) is 15.4. The number of hydrogen-bond acceptors (Lipinski definition) is 5. The van der Waals surface area contributed by atoms with E-state index in [1.165, 1.54) is 5.56 Å². The molecule has 3 aliphatic rings. The molecule has 5 nitrogen and oxygen atoms in total. The van der Waals surface area contributed by atoms with E-state index in [9.17, 15) is 9.59 Å². The van der Waals surface area contributed by atoms with Gasteiger partial charge in [0.1, 0.15) is 6.61 Å². The molecule has 6 rings (SSSR count). The van der Waals surface area contributed by atoms with Crippen molar-refractivity contribution in [2.75, 3.05) is 13.2 Å². The zero-order valence-electron chi connectivity index (χ0n) is 24.0. The number of nitrogens with zero attached hydrogens (tertiary/aromatic N) is 1. The lowest BCUT2D eigenvalue weighted by Gasteiger charge is -2.44.